The Hall–Kier alpha value is -1.01. The summed E-state index contributed by atoms with van der Waals surface area (Å²) >= 11 is 1.31. The highest BCUT2D eigenvalue weighted by molar-refractivity contribution is 7.99. The van der Waals surface area contributed by atoms with Crippen LogP contribution in [0, 0.1) is 0 Å². The van der Waals surface area contributed by atoms with Crippen LogP contribution in [-0.4, -0.2) is 73.7 Å². The Kier molecular flexibility index (Phi) is 12.5. The van der Waals surface area contributed by atoms with Crippen LogP contribution < -0.4 is 26.1 Å². The lowest BCUT2D eigenvalue weighted by Gasteiger charge is -2.35. The van der Waals surface area contributed by atoms with E-state index in [4.69, 9.17) is 15.6 Å². The van der Waals surface area contributed by atoms with E-state index in [0.717, 1.165) is 11.0 Å². The van der Waals surface area contributed by atoms with Gasteiger partial charge in [-0.2, -0.15) is 4.98 Å². The molecule has 1 fully saturated rings. The van der Waals surface area contributed by atoms with Crippen molar-refractivity contribution in [2.45, 2.75) is 61.8 Å². The number of carbonyl (C=O) groups is 1. The van der Waals surface area contributed by atoms with Gasteiger partial charge >= 0.3 is 11.7 Å². The van der Waals surface area contributed by atoms with E-state index in [9.17, 15) is 48.2 Å². The van der Waals surface area contributed by atoms with Crippen molar-refractivity contribution in [3.63, 3.8) is 0 Å². The molecular formula is C17H27N3O15P3S-3. The fourth-order valence-electron chi connectivity index (χ4n) is 3.12. The first kappa shape index (κ1) is 34.2. The van der Waals surface area contributed by atoms with E-state index in [1.54, 1.807) is 0 Å². The number of thioether (sulfide) groups is 1. The number of carboxylic acids is 1. The molecule has 0 aliphatic carbocycles. The van der Waals surface area contributed by atoms with Gasteiger partial charge in [0.15, 0.2) is 6.23 Å². The van der Waals surface area contributed by atoms with Crippen molar-refractivity contribution >= 4 is 41.0 Å². The van der Waals surface area contributed by atoms with Crippen LogP contribution in [0.3, 0.4) is 0 Å². The molecule has 1 aromatic heterocycles. The number of aliphatic hydroxyl groups is 2. The van der Waals surface area contributed by atoms with E-state index < -0.39 is 84.7 Å². The minimum Gasteiger partial charge on any atom is -0.778 e. The van der Waals surface area contributed by atoms with Gasteiger partial charge in [-0.1, -0.05) is 6.92 Å². The lowest BCUT2D eigenvalue weighted by atomic mass is 10.1. The Bertz CT molecular complexity index is 1200. The molecule has 0 saturated carbocycles. The van der Waals surface area contributed by atoms with Gasteiger partial charge in [0.25, 0.3) is 15.6 Å². The van der Waals surface area contributed by atoms with Crippen molar-refractivity contribution in [1.29, 1.82) is 0 Å². The highest BCUT2D eigenvalue weighted by atomic mass is 32.2. The van der Waals surface area contributed by atoms with E-state index in [0.29, 0.717) is 10.8 Å². The van der Waals surface area contributed by atoms with Gasteiger partial charge in [-0.05, 0) is 31.1 Å². The molecule has 8 atom stereocenters. The number of aromatic nitrogens is 2. The number of hydrogen-bond donors (Lipinski definition) is 4. The zero-order valence-corrected chi connectivity index (χ0v) is 23.7. The minimum atomic E-state index is -6.07. The highest BCUT2D eigenvalue weighted by Gasteiger charge is 2.45. The number of aliphatic carboxylic acids is 1. The van der Waals surface area contributed by atoms with Gasteiger partial charge in [-0.3, -0.25) is 22.8 Å². The monoisotopic (exact) mass is 638 g/mol. The molecule has 22 heteroatoms. The number of ether oxygens (including phenoxy) is 1. The Labute approximate surface area is 225 Å². The Morgan fingerprint density at radius 2 is 1.90 bits per heavy atom. The molecule has 0 bridgehead atoms. The van der Waals surface area contributed by atoms with E-state index in [-0.39, 0.29) is 6.42 Å². The molecule has 2 heterocycles. The van der Waals surface area contributed by atoms with Crippen LogP contribution in [0.15, 0.2) is 22.1 Å². The Balaban J connectivity index is 1.96. The zero-order valence-electron chi connectivity index (χ0n) is 20.2. The normalized spacial score (nSPS) is 26.8. The maximum absolute atomic E-state index is 12.3. The van der Waals surface area contributed by atoms with E-state index >= 15 is 0 Å². The summed E-state index contributed by atoms with van der Waals surface area (Å²) in [6.07, 6.45) is -6.33. The van der Waals surface area contributed by atoms with Gasteiger partial charge in [0, 0.05) is 12.4 Å². The lowest BCUT2D eigenvalue weighted by molar-refractivity contribution is -0.246. The van der Waals surface area contributed by atoms with Gasteiger partial charge in [0.05, 0.1) is 6.61 Å². The van der Waals surface area contributed by atoms with Crippen LogP contribution in [0.4, 0.5) is 0 Å². The largest absolute Gasteiger partial charge is 0.778 e. The van der Waals surface area contributed by atoms with E-state index in [1.807, 2.05) is 6.92 Å². The van der Waals surface area contributed by atoms with Crippen LogP contribution in [-0.2, 0) is 36.4 Å². The van der Waals surface area contributed by atoms with Crippen LogP contribution >= 0.6 is 35.0 Å². The summed E-state index contributed by atoms with van der Waals surface area (Å²) in [7, 11) is -17.2. The molecule has 5 unspecified atom stereocenters. The second kappa shape index (κ2) is 14.2. The average molecular weight is 638 g/mol. The second-order valence-corrected chi connectivity index (χ2v) is 14.3. The van der Waals surface area contributed by atoms with Crippen LogP contribution in [0.5, 0.6) is 0 Å². The summed E-state index contributed by atoms with van der Waals surface area (Å²) in [4.78, 5) is 62.4. The standard InChI is InChI=1S/C17H30N3O15P3S/c1-2-8-39-12-5-6-20(17(25)19-12)15-14(22)13(21)11(33-15)9-32-37(28,29)35-38(30,31)34-36(26,27)7-3-4-10(18)16(23)24/h5-6,10-11,13-15,21-22H,2-4,7-9,18H2,1H3,(H,23,24)(H,26,27)(H,28,29)(H,30,31)/p-3/t10?,11-,13+,14?,15-/m1/s1. The smallest absolute Gasteiger partial charge is 0.350 e. The molecule has 1 aromatic rings. The molecule has 0 amide bonds. The predicted molar refractivity (Wildman–Crippen MR) is 126 cm³/mol. The third-order valence-corrected chi connectivity index (χ3v) is 10.8. The van der Waals surface area contributed by atoms with Crippen LogP contribution in [0.1, 0.15) is 32.4 Å². The molecule has 224 valence electrons. The summed E-state index contributed by atoms with van der Waals surface area (Å²) in [5, 5.41) is 29.5. The molecular weight excluding hydrogens is 611 g/mol. The average Bonchev–Trinajstić information content (AvgIpc) is 3.08. The second-order valence-electron chi connectivity index (χ2n) is 8.13. The van der Waals surface area contributed by atoms with Gasteiger partial charge < -0.3 is 49.6 Å². The number of nitrogens with zero attached hydrogens (tertiary/aromatic N) is 2. The SMILES string of the molecule is CCCSc1ccn([C@@H]2O[C@H](COP(=O)([O-])OP(=O)([O-])OP(=O)([O-])CCCC(N)C(=O)O)[C@H](O)C2O)c(=O)n1. The topological polar surface area (TPSA) is 296 Å². The maximum atomic E-state index is 12.3. The van der Waals surface area contributed by atoms with Gasteiger partial charge in [-0.25, -0.2) is 9.11 Å². The van der Waals surface area contributed by atoms with Crippen molar-refractivity contribution in [3.05, 3.63) is 22.7 Å². The molecule has 1 saturated heterocycles. The molecule has 0 aromatic carbocycles. The summed E-state index contributed by atoms with van der Waals surface area (Å²) < 4.78 is 53.7. The van der Waals surface area contributed by atoms with Crippen molar-refractivity contribution in [2.24, 2.45) is 5.73 Å². The molecule has 39 heavy (non-hydrogen) atoms. The van der Waals surface area contributed by atoms with Gasteiger partial charge in [0.1, 0.15) is 37.0 Å². The van der Waals surface area contributed by atoms with Gasteiger partial charge in [-0.15, -0.1) is 11.8 Å². The first-order chi connectivity index (χ1) is 18.0. The van der Waals surface area contributed by atoms with Crippen LogP contribution in [0.25, 0.3) is 0 Å². The molecule has 0 radical (unpaired) electrons. The van der Waals surface area contributed by atoms with E-state index in [2.05, 4.69) is 18.1 Å². The fourth-order valence-corrected chi connectivity index (χ4v) is 7.84. The number of hydrogen-bond acceptors (Lipinski definition) is 17. The quantitative estimate of drug-likeness (QED) is 0.0872. The third kappa shape index (κ3) is 10.7. The highest BCUT2D eigenvalue weighted by Crippen LogP contribution is 2.62. The number of phosphoric ester groups is 1. The zero-order chi connectivity index (χ0) is 29.6. The minimum absolute atomic E-state index is 0.348. The predicted octanol–water partition coefficient (Wildman–Crippen LogP) is -1.90. The number of rotatable bonds is 16. The van der Waals surface area contributed by atoms with Crippen molar-refractivity contribution in [2.75, 3.05) is 18.5 Å². The first-order valence-corrected chi connectivity index (χ1v) is 16.8. The molecule has 1 aliphatic heterocycles. The summed E-state index contributed by atoms with van der Waals surface area (Å²) in [6, 6.07) is 0.0511. The van der Waals surface area contributed by atoms with Crippen LogP contribution in [0.2, 0.25) is 0 Å². The molecule has 1 aliphatic rings. The summed E-state index contributed by atoms with van der Waals surface area (Å²) in [5.74, 6) is -0.721. The molecule has 18 nitrogen and oxygen atoms in total. The van der Waals surface area contributed by atoms with Crippen molar-refractivity contribution < 1.29 is 66.4 Å². The summed E-state index contributed by atoms with van der Waals surface area (Å²) in [5.41, 5.74) is 4.37. The third-order valence-electron chi connectivity index (χ3n) is 4.96. The fraction of sp³-hybridized carbons (Fsp3) is 0.706. The number of phosphoric acid groups is 2. The summed E-state index contributed by atoms with van der Waals surface area (Å²) in [6.45, 7) is 0.825. The van der Waals surface area contributed by atoms with E-state index in [1.165, 1.54) is 24.0 Å². The lowest BCUT2D eigenvalue weighted by Crippen LogP contribution is -2.36. The number of aliphatic hydroxyl groups excluding tert-OH is 2. The Morgan fingerprint density at radius 3 is 2.49 bits per heavy atom. The van der Waals surface area contributed by atoms with Crippen molar-refractivity contribution in [1.82, 2.24) is 9.55 Å². The number of nitrogens with two attached hydrogens (primary N) is 1. The molecule has 2 rings (SSSR count). The first-order valence-electron chi connectivity index (χ1n) is 11.2. The van der Waals surface area contributed by atoms with Crippen molar-refractivity contribution in [3.8, 4) is 0 Å². The Morgan fingerprint density at radius 1 is 1.23 bits per heavy atom. The molecule has 5 N–H and O–H groups in total. The maximum Gasteiger partial charge on any atom is 0.350 e. The number of carboxylic acid groups (broad SMARTS) is 1. The van der Waals surface area contributed by atoms with Gasteiger partial charge in [0.2, 0.25) is 0 Å². The molecule has 0 spiro atoms.